The van der Waals surface area contributed by atoms with E-state index >= 15 is 0 Å². The summed E-state index contributed by atoms with van der Waals surface area (Å²) in [5.41, 5.74) is 1.38. The number of nitrogens with zero attached hydrogens (tertiary/aromatic N) is 2. The Morgan fingerprint density at radius 1 is 1.17 bits per heavy atom. The zero-order valence-corrected chi connectivity index (χ0v) is 14.2. The molecule has 3 rings (SSSR count). The first-order valence-electron chi connectivity index (χ1n) is 7.20. The number of pyridine rings is 1. The van der Waals surface area contributed by atoms with Crippen molar-refractivity contribution < 1.29 is 9.53 Å². The summed E-state index contributed by atoms with van der Waals surface area (Å²) >= 11 is 7.22. The summed E-state index contributed by atoms with van der Waals surface area (Å²) in [5, 5.41) is 5.95. The molecular formula is C17H14ClN3O2S. The summed E-state index contributed by atoms with van der Waals surface area (Å²) in [6, 6.07) is 10.8. The van der Waals surface area contributed by atoms with E-state index in [0.717, 1.165) is 10.6 Å². The van der Waals surface area contributed by atoms with Crippen molar-refractivity contribution in [3.8, 4) is 5.75 Å². The van der Waals surface area contributed by atoms with Crippen molar-refractivity contribution in [1.29, 1.82) is 0 Å². The zero-order valence-electron chi connectivity index (χ0n) is 12.6. The van der Waals surface area contributed by atoms with E-state index in [1.165, 1.54) is 11.3 Å². The van der Waals surface area contributed by atoms with Crippen LogP contribution >= 0.6 is 22.9 Å². The SMILES string of the molecule is O=C(NCc1ccncc1)c1csc(COc2ccc(Cl)cc2)n1. The molecule has 7 heteroatoms. The second-order valence-electron chi connectivity index (χ2n) is 4.91. The zero-order chi connectivity index (χ0) is 16.8. The van der Waals surface area contributed by atoms with Gasteiger partial charge in [-0.1, -0.05) is 11.6 Å². The van der Waals surface area contributed by atoms with Gasteiger partial charge in [-0.15, -0.1) is 11.3 Å². The Labute approximate surface area is 148 Å². The van der Waals surface area contributed by atoms with E-state index in [2.05, 4.69) is 15.3 Å². The molecule has 1 aromatic carbocycles. The van der Waals surface area contributed by atoms with Crippen molar-refractivity contribution in [1.82, 2.24) is 15.3 Å². The minimum atomic E-state index is -0.208. The Hall–Kier alpha value is -2.44. The second-order valence-corrected chi connectivity index (χ2v) is 6.29. The molecule has 1 N–H and O–H groups in total. The van der Waals surface area contributed by atoms with Gasteiger partial charge in [0.15, 0.2) is 0 Å². The molecule has 122 valence electrons. The van der Waals surface area contributed by atoms with Gasteiger partial charge >= 0.3 is 0 Å². The summed E-state index contributed by atoms with van der Waals surface area (Å²) in [5.74, 6) is 0.499. The number of ether oxygens (including phenoxy) is 1. The van der Waals surface area contributed by atoms with Crippen molar-refractivity contribution >= 4 is 28.8 Å². The summed E-state index contributed by atoms with van der Waals surface area (Å²) in [7, 11) is 0. The van der Waals surface area contributed by atoms with Crippen LogP contribution in [-0.4, -0.2) is 15.9 Å². The van der Waals surface area contributed by atoms with Crippen molar-refractivity contribution in [2.75, 3.05) is 0 Å². The molecule has 2 aromatic heterocycles. The number of rotatable bonds is 6. The van der Waals surface area contributed by atoms with Crippen molar-refractivity contribution in [2.24, 2.45) is 0 Å². The molecule has 0 spiro atoms. The molecule has 2 heterocycles. The Morgan fingerprint density at radius 3 is 2.67 bits per heavy atom. The molecule has 1 amide bonds. The van der Waals surface area contributed by atoms with E-state index < -0.39 is 0 Å². The molecule has 0 aliphatic heterocycles. The molecule has 0 bridgehead atoms. The number of amides is 1. The molecule has 0 saturated carbocycles. The molecule has 0 aliphatic rings. The average molecular weight is 360 g/mol. The van der Waals surface area contributed by atoms with Gasteiger partial charge < -0.3 is 10.1 Å². The number of aromatic nitrogens is 2. The number of hydrogen-bond donors (Lipinski definition) is 1. The van der Waals surface area contributed by atoms with Gasteiger partial charge in [0, 0.05) is 29.3 Å². The van der Waals surface area contributed by atoms with Crippen LogP contribution in [0.5, 0.6) is 5.75 Å². The maximum Gasteiger partial charge on any atom is 0.271 e. The van der Waals surface area contributed by atoms with Crippen LogP contribution in [0.4, 0.5) is 0 Å². The van der Waals surface area contributed by atoms with Gasteiger partial charge in [-0.05, 0) is 42.0 Å². The van der Waals surface area contributed by atoms with Crippen LogP contribution in [0.3, 0.4) is 0 Å². The van der Waals surface area contributed by atoms with Crippen LogP contribution in [0, 0.1) is 0 Å². The van der Waals surface area contributed by atoms with Gasteiger partial charge in [0.05, 0.1) is 0 Å². The fraction of sp³-hybridized carbons (Fsp3) is 0.118. The van der Waals surface area contributed by atoms with E-state index in [1.54, 1.807) is 42.0 Å². The predicted molar refractivity (Wildman–Crippen MR) is 93.3 cm³/mol. The molecule has 5 nitrogen and oxygen atoms in total. The van der Waals surface area contributed by atoms with Crippen LogP contribution in [0.25, 0.3) is 0 Å². The maximum absolute atomic E-state index is 12.1. The van der Waals surface area contributed by atoms with Crippen LogP contribution in [0.1, 0.15) is 21.1 Å². The summed E-state index contributed by atoms with van der Waals surface area (Å²) in [6.07, 6.45) is 3.38. The molecule has 24 heavy (non-hydrogen) atoms. The number of nitrogens with one attached hydrogen (secondary N) is 1. The summed E-state index contributed by atoms with van der Waals surface area (Å²) in [4.78, 5) is 20.3. The van der Waals surface area contributed by atoms with Gasteiger partial charge in [-0.2, -0.15) is 0 Å². The fourth-order valence-electron chi connectivity index (χ4n) is 1.93. The number of carbonyl (C=O) groups excluding carboxylic acids is 1. The number of benzene rings is 1. The summed E-state index contributed by atoms with van der Waals surface area (Å²) in [6.45, 7) is 0.749. The number of carbonyl (C=O) groups is 1. The van der Waals surface area contributed by atoms with E-state index in [4.69, 9.17) is 16.3 Å². The van der Waals surface area contributed by atoms with Crippen LogP contribution in [-0.2, 0) is 13.2 Å². The van der Waals surface area contributed by atoms with Gasteiger partial charge in [-0.25, -0.2) is 4.98 Å². The summed E-state index contributed by atoms with van der Waals surface area (Å²) < 4.78 is 5.62. The highest BCUT2D eigenvalue weighted by atomic mass is 35.5. The van der Waals surface area contributed by atoms with E-state index in [-0.39, 0.29) is 5.91 Å². The Kier molecular flexibility index (Phi) is 5.40. The third-order valence-electron chi connectivity index (χ3n) is 3.16. The normalized spacial score (nSPS) is 10.4. The van der Waals surface area contributed by atoms with Gasteiger partial charge in [0.25, 0.3) is 5.91 Å². The van der Waals surface area contributed by atoms with Crippen molar-refractivity contribution in [3.63, 3.8) is 0 Å². The second kappa shape index (κ2) is 7.90. The van der Waals surface area contributed by atoms with E-state index in [0.29, 0.717) is 29.6 Å². The topological polar surface area (TPSA) is 64.1 Å². The van der Waals surface area contributed by atoms with Gasteiger partial charge in [0.2, 0.25) is 0 Å². The predicted octanol–water partition coefficient (Wildman–Crippen LogP) is 3.70. The molecule has 0 saturated heterocycles. The lowest BCUT2D eigenvalue weighted by molar-refractivity contribution is 0.0946. The molecule has 0 fully saturated rings. The lowest BCUT2D eigenvalue weighted by atomic mass is 10.2. The van der Waals surface area contributed by atoms with E-state index in [9.17, 15) is 4.79 Å². The Balaban J connectivity index is 1.52. The van der Waals surface area contributed by atoms with Crippen LogP contribution in [0.2, 0.25) is 5.02 Å². The molecule has 0 aliphatic carbocycles. The molecule has 0 radical (unpaired) electrons. The third kappa shape index (κ3) is 4.53. The minimum absolute atomic E-state index is 0.208. The first-order chi connectivity index (χ1) is 11.7. The number of hydrogen-bond acceptors (Lipinski definition) is 5. The molecule has 3 aromatic rings. The maximum atomic E-state index is 12.1. The van der Waals surface area contributed by atoms with E-state index in [1.807, 2.05) is 12.1 Å². The average Bonchev–Trinajstić information content (AvgIpc) is 3.09. The minimum Gasteiger partial charge on any atom is -0.486 e. The molecule has 0 unspecified atom stereocenters. The van der Waals surface area contributed by atoms with Gasteiger partial charge in [-0.3, -0.25) is 9.78 Å². The highest BCUT2D eigenvalue weighted by molar-refractivity contribution is 7.09. The highest BCUT2D eigenvalue weighted by Crippen LogP contribution is 2.18. The monoisotopic (exact) mass is 359 g/mol. The van der Waals surface area contributed by atoms with Crippen LogP contribution < -0.4 is 10.1 Å². The first-order valence-corrected chi connectivity index (χ1v) is 8.46. The Morgan fingerprint density at radius 2 is 1.92 bits per heavy atom. The fourth-order valence-corrected chi connectivity index (χ4v) is 2.74. The van der Waals surface area contributed by atoms with Crippen LogP contribution in [0.15, 0.2) is 54.2 Å². The quantitative estimate of drug-likeness (QED) is 0.728. The lowest BCUT2D eigenvalue weighted by Crippen LogP contribution is -2.23. The standard InChI is InChI=1S/C17H14ClN3O2S/c18-13-1-3-14(4-2-13)23-10-16-21-15(11-24-16)17(22)20-9-12-5-7-19-8-6-12/h1-8,11H,9-10H2,(H,20,22). The number of thiazole rings is 1. The largest absolute Gasteiger partial charge is 0.486 e. The molecule has 0 atom stereocenters. The van der Waals surface area contributed by atoms with Crippen molar-refractivity contribution in [2.45, 2.75) is 13.2 Å². The lowest BCUT2D eigenvalue weighted by Gasteiger charge is -2.04. The number of halogens is 1. The van der Waals surface area contributed by atoms with Crippen molar-refractivity contribution in [3.05, 3.63) is 75.5 Å². The van der Waals surface area contributed by atoms with Gasteiger partial charge in [0.1, 0.15) is 23.1 Å². The Bertz CT molecular complexity index is 806. The first kappa shape index (κ1) is 16.4. The smallest absolute Gasteiger partial charge is 0.271 e. The highest BCUT2D eigenvalue weighted by Gasteiger charge is 2.11. The third-order valence-corrected chi connectivity index (χ3v) is 4.24. The molecular weight excluding hydrogens is 346 g/mol.